The van der Waals surface area contributed by atoms with Crippen LogP contribution in [-0.2, 0) is 6.61 Å². The molecule has 0 aliphatic rings. The summed E-state index contributed by atoms with van der Waals surface area (Å²) in [5.41, 5.74) is 3.10. The van der Waals surface area contributed by atoms with Crippen molar-refractivity contribution in [2.24, 2.45) is 0 Å². The van der Waals surface area contributed by atoms with E-state index in [1.54, 1.807) is 30.3 Å². The number of hydrogen-bond acceptors (Lipinski definition) is 4. The summed E-state index contributed by atoms with van der Waals surface area (Å²) >= 11 is 4.34. The first-order valence-corrected chi connectivity index (χ1v) is 11.3. The zero-order chi connectivity index (χ0) is 23.3. The van der Waals surface area contributed by atoms with Crippen molar-refractivity contribution in [3.63, 3.8) is 0 Å². The fourth-order valence-corrected chi connectivity index (χ4v) is 4.97. The van der Waals surface area contributed by atoms with Crippen LogP contribution >= 0.6 is 45.2 Å². The van der Waals surface area contributed by atoms with Crippen LogP contribution in [0.4, 0.5) is 0 Å². The second-order valence-electron chi connectivity index (χ2n) is 6.66. The largest absolute Gasteiger partial charge is 0.487 e. The Balaban J connectivity index is 1.80. The molecular formula is C24H15I2NO5. The van der Waals surface area contributed by atoms with Crippen molar-refractivity contribution < 1.29 is 24.5 Å². The first-order valence-electron chi connectivity index (χ1n) is 9.18. The second kappa shape index (κ2) is 10.6. The Morgan fingerprint density at radius 2 is 1.34 bits per heavy atom. The highest BCUT2D eigenvalue weighted by Crippen LogP contribution is 2.31. The normalized spacial score (nSPS) is 11.0. The standard InChI is InChI=1S/C24H15I2NO5/c25-20-10-15(9-19(12-27)16-5-7-18(8-6-16)24(30)31)11-21(26)22(20)32-13-14-1-3-17(4-2-14)23(28)29/h1-11H,13H2,(H,28,29)(H,30,31)/b19-9-. The van der Waals surface area contributed by atoms with E-state index in [1.807, 2.05) is 12.1 Å². The Kier molecular flexibility index (Phi) is 7.87. The predicted molar refractivity (Wildman–Crippen MR) is 136 cm³/mol. The van der Waals surface area contributed by atoms with Crippen molar-refractivity contribution in [3.05, 3.63) is 95.6 Å². The van der Waals surface area contributed by atoms with Gasteiger partial charge in [0, 0.05) is 0 Å². The molecule has 0 heterocycles. The van der Waals surface area contributed by atoms with E-state index in [0.717, 1.165) is 18.3 Å². The molecule has 3 aromatic carbocycles. The maximum atomic E-state index is 11.0. The summed E-state index contributed by atoms with van der Waals surface area (Å²) in [6.45, 7) is 0.292. The third-order valence-corrected chi connectivity index (χ3v) is 6.08. The Morgan fingerprint density at radius 3 is 1.81 bits per heavy atom. The highest BCUT2D eigenvalue weighted by Gasteiger charge is 2.11. The summed E-state index contributed by atoms with van der Waals surface area (Å²) in [6, 6.07) is 18.6. The third-order valence-electron chi connectivity index (χ3n) is 4.48. The lowest BCUT2D eigenvalue weighted by molar-refractivity contribution is 0.0686. The van der Waals surface area contributed by atoms with Gasteiger partial charge in [0.15, 0.2) is 0 Å². The van der Waals surface area contributed by atoms with E-state index >= 15 is 0 Å². The van der Waals surface area contributed by atoms with Gasteiger partial charge in [0.1, 0.15) is 12.4 Å². The summed E-state index contributed by atoms with van der Waals surface area (Å²) in [7, 11) is 0. The van der Waals surface area contributed by atoms with Crippen LogP contribution in [0.2, 0.25) is 0 Å². The quantitative estimate of drug-likeness (QED) is 0.186. The molecule has 0 aliphatic heterocycles. The lowest BCUT2D eigenvalue weighted by atomic mass is 10.0. The SMILES string of the molecule is N#C/C(=C/c1cc(I)c(OCc2ccc(C(=O)O)cc2)c(I)c1)c1ccc(C(=O)O)cc1. The van der Waals surface area contributed by atoms with Gasteiger partial charge in [-0.1, -0.05) is 24.3 Å². The molecule has 0 aromatic heterocycles. The van der Waals surface area contributed by atoms with Gasteiger partial charge in [-0.3, -0.25) is 0 Å². The van der Waals surface area contributed by atoms with Gasteiger partial charge in [-0.2, -0.15) is 5.26 Å². The molecule has 2 N–H and O–H groups in total. The highest BCUT2D eigenvalue weighted by molar-refractivity contribution is 14.1. The van der Waals surface area contributed by atoms with Crippen LogP contribution in [0.1, 0.15) is 37.4 Å². The number of nitriles is 1. The molecule has 0 aliphatic carbocycles. The molecule has 0 atom stereocenters. The lowest BCUT2D eigenvalue weighted by Crippen LogP contribution is -2.01. The van der Waals surface area contributed by atoms with E-state index in [2.05, 4.69) is 51.3 Å². The maximum Gasteiger partial charge on any atom is 0.335 e. The zero-order valence-corrected chi connectivity index (χ0v) is 20.7. The minimum absolute atomic E-state index is 0.161. The van der Waals surface area contributed by atoms with Crippen LogP contribution in [0.3, 0.4) is 0 Å². The van der Waals surface area contributed by atoms with Gasteiger partial charge in [-0.15, -0.1) is 0 Å². The summed E-state index contributed by atoms with van der Waals surface area (Å²) in [4.78, 5) is 22.0. The van der Waals surface area contributed by atoms with E-state index in [0.29, 0.717) is 23.5 Å². The summed E-state index contributed by atoms with van der Waals surface area (Å²) in [6.07, 6.45) is 1.74. The van der Waals surface area contributed by atoms with Gasteiger partial charge in [0.2, 0.25) is 0 Å². The van der Waals surface area contributed by atoms with Crippen molar-refractivity contribution in [1.82, 2.24) is 0 Å². The molecule has 160 valence electrons. The monoisotopic (exact) mass is 651 g/mol. The van der Waals surface area contributed by atoms with E-state index in [9.17, 15) is 14.9 Å². The highest BCUT2D eigenvalue weighted by atomic mass is 127. The lowest BCUT2D eigenvalue weighted by Gasteiger charge is -2.12. The van der Waals surface area contributed by atoms with Gasteiger partial charge in [0.05, 0.1) is 29.9 Å². The number of halogens is 2. The van der Waals surface area contributed by atoms with E-state index in [4.69, 9.17) is 14.9 Å². The van der Waals surface area contributed by atoms with Crippen LogP contribution in [0, 0.1) is 18.5 Å². The van der Waals surface area contributed by atoms with Gasteiger partial charge in [-0.25, -0.2) is 9.59 Å². The maximum absolute atomic E-state index is 11.0. The van der Waals surface area contributed by atoms with Gasteiger partial charge >= 0.3 is 11.9 Å². The van der Waals surface area contributed by atoms with E-state index < -0.39 is 11.9 Å². The first kappa shape index (κ1) is 23.7. The average molecular weight is 651 g/mol. The van der Waals surface area contributed by atoms with Crippen LogP contribution in [0.5, 0.6) is 5.75 Å². The molecule has 6 nitrogen and oxygen atoms in total. The van der Waals surface area contributed by atoms with Gasteiger partial charge in [0.25, 0.3) is 0 Å². The van der Waals surface area contributed by atoms with Crippen LogP contribution in [0.25, 0.3) is 11.6 Å². The molecule has 32 heavy (non-hydrogen) atoms. The summed E-state index contributed by atoms with van der Waals surface area (Å²) < 4.78 is 7.68. The van der Waals surface area contributed by atoms with Crippen molar-refractivity contribution in [1.29, 1.82) is 5.26 Å². The summed E-state index contributed by atoms with van der Waals surface area (Å²) in [5.74, 6) is -1.29. The number of carboxylic acids is 2. The topological polar surface area (TPSA) is 108 Å². The number of allylic oxidation sites excluding steroid dienone is 1. The van der Waals surface area contributed by atoms with Crippen molar-refractivity contribution >= 4 is 68.8 Å². The number of hydrogen-bond donors (Lipinski definition) is 2. The number of nitrogens with zero attached hydrogens (tertiary/aromatic N) is 1. The fourth-order valence-electron chi connectivity index (χ4n) is 2.84. The number of carbonyl (C=O) groups is 2. The van der Waals surface area contributed by atoms with Gasteiger partial charge < -0.3 is 14.9 Å². The second-order valence-corrected chi connectivity index (χ2v) is 8.98. The molecule has 3 rings (SSSR count). The van der Waals surface area contributed by atoms with Crippen molar-refractivity contribution in [2.45, 2.75) is 6.61 Å². The zero-order valence-electron chi connectivity index (χ0n) is 16.4. The predicted octanol–water partition coefficient (Wildman–Crippen LogP) is 5.94. The molecule has 0 amide bonds. The van der Waals surface area contributed by atoms with E-state index in [1.165, 1.54) is 24.3 Å². The number of aromatic carboxylic acids is 2. The molecule has 0 fully saturated rings. The third kappa shape index (κ3) is 5.86. The molecule has 8 heteroatoms. The Morgan fingerprint density at radius 1 is 0.875 bits per heavy atom. The molecule has 0 unspecified atom stereocenters. The Hall–Kier alpha value is -2.91. The van der Waals surface area contributed by atoms with Crippen LogP contribution in [-0.4, -0.2) is 22.2 Å². The smallest absolute Gasteiger partial charge is 0.335 e. The Bertz CT molecular complexity index is 1220. The molecule has 0 radical (unpaired) electrons. The first-order chi connectivity index (χ1) is 15.3. The molecule has 0 saturated heterocycles. The number of benzene rings is 3. The molecule has 3 aromatic rings. The molecule has 0 spiro atoms. The Labute approximate surface area is 211 Å². The van der Waals surface area contributed by atoms with Crippen molar-refractivity contribution in [2.75, 3.05) is 0 Å². The molecule has 0 saturated carbocycles. The van der Waals surface area contributed by atoms with Gasteiger partial charge in [-0.05, 0) is 104 Å². The molecular weight excluding hydrogens is 636 g/mol. The van der Waals surface area contributed by atoms with E-state index in [-0.39, 0.29) is 11.1 Å². The van der Waals surface area contributed by atoms with Crippen LogP contribution in [0.15, 0.2) is 60.7 Å². The van der Waals surface area contributed by atoms with Crippen molar-refractivity contribution in [3.8, 4) is 11.8 Å². The minimum atomic E-state index is -1.02. The molecule has 0 bridgehead atoms. The summed E-state index contributed by atoms with van der Waals surface area (Å²) in [5, 5.41) is 27.6. The minimum Gasteiger partial charge on any atom is -0.487 e. The fraction of sp³-hybridized carbons (Fsp3) is 0.0417. The number of rotatable bonds is 7. The average Bonchev–Trinajstić information content (AvgIpc) is 2.77. The number of carboxylic acid groups (broad SMARTS) is 2. The number of ether oxygens (including phenoxy) is 1. The van der Waals surface area contributed by atoms with Crippen LogP contribution < -0.4 is 4.74 Å².